The van der Waals surface area contributed by atoms with Gasteiger partial charge < -0.3 is 15.8 Å². The van der Waals surface area contributed by atoms with Gasteiger partial charge in [0.25, 0.3) is 5.91 Å². The van der Waals surface area contributed by atoms with Crippen LogP contribution in [0.15, 0.2) is 79.0 Å². The Morgan fingerprint density at radius 1 is 1.00 bits per heavy atom. The molecule has 0 saturated heterocycles. The van der Waals surface area contributed by atoms with E-state index in [0.29, 0.717) is 28.8 Å². The third-order valence-corrected chi connectivity index (χ3v) is 4.91. The number of nitrogens with zero attached hydrogens (tertiary/aromatic N) is 1. The van der Waals surface area contributed by atoms with Crippen molar-refractivity contribution in [3.05, 3.63) is 95.7 Å². The van der Waals surface area contributed by atoms with Crippen molar-refractivity contribution < 1.29 is 14.3 Å². The number of rotatable bonds is 7. The molecule has 31 heavy (non-hydrogen) atoms. The number of nitrogens with two attached hydrogens (primary N) is 1. The number of pyridine rings is 1. The Labute approximate surface area is 179 Å². The van der Waals surface area contributed by atoms with E-state index in [-0.39, 0.29) is 11.3 Å². The van der Waals surface area contributed by atoms with Gasteiger partial charge in [0.1, 0.15) is 12.4 Å². The summed E-state index contributed by atoms with van der Waals surface area (Å²) in [4.78, 5) is 28.1. The number of ketones is 1. The fourth-order valence-electron chi connectivity index (χ4n) is 3.25. The fraction of sp³-hybridized carbons (Fsp3) is 0.0800. The maximum absolute atomic E-state index is 12.0. The standard InChI is InChI=1S/C25H21N3O3/c1-16(29)18-7-12-23-21(13-18)24(22(14-27-23)25(26)30)28-19-8-10-20(11-9-19)31-15-17-5-3-2-4-6-17/h2-14H,15H2,1H3,(H2,26,30)(H,27,28). The van der Waals surface area contributed by atoms with E-state index in [1.165, 1.54) is 13.1 Å². The molecule has 6 nitrogen and oxygen atoms in total. The molecule has 0 atom stereocenters. The summed E-state index contributed by atoms with van der Waals surface area (Å²) in [6.07, 6.45) is 1.44. The van der Waals surface area contributed by atoms with Crippen LogP contribution in [0.3, 0.4) is 0 Å². The van der Waals surface area contributed by atoms with Crippen LogP contribution in [0.2, 0.25) is 0 Å². The first-order chi connectivity index (χ1) is 15.0. The summed E-state index contributed by atoms with van der Waals surface area (Å²) >= 11 is 0. The fourth-order valence-corrected chi connectivity index (χ4v) is 3.25. The summed E-state index contributed by atoms with van der Waals surface area (Å²) < 4.78 is 5.82. The number of fused-ring (bicyclic) bond motifs is 1. The highest BCUT2D eigenvalue weighted by atomic mass is 16.5. The molecular weight excluding hydrogens is 390 g/mol. The van der Waals surface area contributed by atoms with Crippen LogP contribution < -0.4 is 15.8 Å². The number of hydrogen-bond acceptors (Lipinski definition) is 5. The van der Waals surface area contributed by atoms with Crippen LogP contribution >= 0.6 is 0 Å². The van der Waals surface area contributed by atoms with Crippen LogP contribution in [0.25, 0.3) is 10.9 Å². The molecule has 4 aromatic rings. The molecule has 0 bridgehead atoms. The Morgan fingerprint density at radius 3 is 2.42 bits per heavy atom. The minimum Gasteiger partial charge on any atom is -0.489 e. The summed E-state index contributed by atoms with van der Waals surface area (Å²) in [5.41, 5.74) is 9.34. The van der Waals surface area contributed by atoms with Crippen molar-refractivity contribution in [3.63, 3.8) is 0 Å². The predicted octanol–water partition coefficient (Wildman–Crippen LogP) is 4.86. The zero-order chi connectivity index (χ0) is 21.8. The zero-order valence-corrected chi connectivity index (χ0v) is 17.0. The first-order valence-corrected chi connectivity index (χ1v) is 9.78. The van der Waals surface area contributed by atoms with E-state index < -0.39 is 5.91 Å². The number of anilines is 2. The lowest BCUT2D eigenvalue weighted by Crippen LogP contribution is -2.14. The minimum atomic E-state index is -0.604. The predicted molar refractivity (Wildman–Crippen MR) is 121 cm³/mol. The molecule has 0 spiro atoms. The van der Waals surface area contributed by atoms with E-state index in [9.17, 15) is 9.59 Å². The van der Waals surface area contributed by atoms with E-state index in [0.717, 1.165) is 17.0 Å². The van der Waals surface area contributed by atoms with Crippen LogP contribution in [0.1, 0.15) is 33.2 Å². The quantitative estimate of drug-likeness (QED) is 0.424. The number of primary amides is 1. The molecular formula is C25H21N3O3. The monoisotopic (exact) mass is 411 g/mol. The van der Waals surface area contributed by atoms with Gasteiger partial charge in [0.05, 0.1) is 16.8 Å². The van der Waals surface area contributed by atoms with Crippen molar-refractivity contribution in [2.45, 2.75) is 13.5 Å². The van der Waals surface area contributed by atoms with Crippen molar-refractivity contribution in [2.24, 2.45) is 5.73 Å². The van der Waals surface area contributed by atoms with E-state index >= 15 is 0 Å². The van der Waals surface area contributed by atoms with Gasteiger partial charge in [-0.1, -0.05) is 30.3 Å². The van der Waals surface area contributed by atoms with Gasteiger partial charge in [0.2, 0.25) is 0 Å². The maximum atomic E-state index is 12.0. The van der Waals surface area contributed by atoms with Gasteiger partial charge in [-0.3, -0.25) is 14.6 Å². The smallest absolute Gasteiger partial charge is 0.252 e. The molecule has 0 aliphatic rings. The van der Waals surface area contributed by atoms with Crippen molar-refractivity contribution >= 4 is 34.0 Å². The molecule has 0 unspecified atom stereocenters. The number of benzene rings is 3. The zero-order valence-electron chi connectivity index (χ0n) is 17.0. The Balaban J connectivity index is 1.62. The summed E-state index contributed by atoms with van der Waals surface area (Å²) in [6, 6.07) is 22.5. The molecule has 1 heterocycles. The van der Waals surface area contributed by atoms with Crippen molar-refractivity contribution in [2.75, 3.05) is 5.32 Å². The molecule has 0 radical (unpaired) electrons. The minimum absolute atomic E-state index is 0.0720. The van der Waals surface area contributed by atoms with E-state index in [2.05, 4.69) is 10.3 Å². The first kappa shape index (κ1) is 20.1. The van der Waals surface area contributed by atoms with Gasteiger partial charge in [0.15, 0.2) is 5.78 Å². The van der Waals surface area contributed by atoms with Gasteiger partial charge in [-0.2, -0.15) is 0 Å². The molecule has 3 aromatic carbocycles. The molecule has 4 rings (SSSR count). The average Bonchev–Trinajstić information content (AvgIpc) is 2.79. The summed E-state index contributed by atoms with van der Waals surface area (Å²) in [7, 11) is 0. The van der Waals surface area contributed by atoms with Gasteiger partial charge in [-0.05, 0) is 55.0 Å². The van der Waals surface area contributed by atoms with Crippen molar-refractivity contribution in [1.29, 1.82) is 0 Å². The molecule has 1 amide bonds. The summed E-state index contributed by atoms with van der Waals surface area (Å²) in [5, 5.41) is 3.90. The van der Waals surface area contributed by atoms with E-state index in [1.54, 1.807) is 18.2 Å². The van der Waals surface area contributed by atoms with Gasteiger partial charge in [-0.15, -0.1) is 0 Å². The molecule has 6 heteroatoms. The second kappa shape index (κ2) is 8.67. The Kier molecular flexibility index (Phi) is 5.62. The lowest BCUT2D eigenvalue weighted by atomic mass is 10.0. The Morgan fingerprint density at radius 2 is 1.74 bits per heavy atom. The van der Waals surface area contributed by atoms with Crippen molar-refractivity contribution in [1.82, 2.24) is 4.98 Å². The molecule has 0 aliphatic carbocycles. The number of ether oxygens (including phenoxy) is 1. The topological polar surface area (TPSA) is 94.3 Å². The number of aromatic nitrogens is 1. The molecule has 3 N–H and O–H groups in total. The third-order valence-electron chi connectivity index (χ3n) is 4.91. The van der Waals surface area contributed by atoms with Gasteiger partial charge in [0, 0.05) is 22.8 Å². The highest BCUT2D eigenvalue weighted by Gasteiger charge is 2.15. The van der Waals surface area contributed by atoms with E-state index in [4.69, 9.17) is 10.5 Å². The number of hydrogen-bond donors (Lipinski definition) is 2. The largest absolute Gasteiger partial charge is 0.489 e. The highest BCUT2D eigenvalue weighted by molar-refractivity contribution is 6.09. The molecule has 0 fully saturated rings. The van der Waals surface area contributed by atoms with Crippen LogP contribution in [0, 0.1) is 0 Å². The molecule has 1 aromatic heterocycles. The SMILES string of the molecule is CC(=O)c1ccc2ncc(C(N)=O)c(Nc3ccc(OCc4ccccc4)cc3)c2c1. The van der Waals surface area contributed by atoms with E-state index in [1.807, 2.05) is 54.6 Å². The van der Waals surface area contributed by atoms with Gasteiger partial charge in [-0.25, -0.2) is 0 Å². The summed E-state index contributed by atoms with van der Waals surface area (Å²) in [5.74, 6) is 0.0492. The highest BCUT2D eigenvalue weighted by Crippen LogP contribution is 2.30. The number of nitrogens with one attached hydrogen (secondary N) is 1. The Hall–Kier alpha value is -4.19. The molecule has 0 aliphatic heterocycles. The van der Waals surface area contributed by atoms with Crippen LogP contribution in [-0.4, -0.2) is 16.7 Å². The van der Waals surface area contributed by atoms with Crippen LogP contribution in [0.5, 0.6) is 5.75 Å². The molecule has 0 saturated carbocycles. The van der Waals surface area contributed by atoms with Gasteiger partial charge >= 0.3 is 0 Å². The Bertz CT molecular complexity index is 1250. The normalized spacial score (nSPS) is 10.6. The first-order valence-electron chi connectivity index (χ1n) is 9.78. The third kappa shape index (κ3) is 4.53. The van der Waals surface area contributed by atoms with Crippen LogP contribution in [0.4, 0.5) is 11.4 Å². The second-order valence-corrected chi connectivity index (χ2v) is 7.12. The van der Waals surface area contributed by atoms with Crippen LogP contribution in [-0.2, 0) is 6.61 Å². The second-order valence-electron chi connectivity index (χ2n) is 7.12. The average molecular weight is 411 g/mol. The number of carbonyl (C=O) groups is 2. The number of carbonyl (C=O) groups excluding carboxylic acids is 2. The number of Topliss-reactive ketones (excluding diaryl/α,β-unsaturated/α-hetero) is 1. The maximum Gasteiger partial charge on any atom is 0.252 e. The molecule has 154 valence electrons. The number of amides is 1. The van der Waals surface area contributed by atoms with Crippen molar-refractivity contribution in [3.8, 4) is 5.75 Å². The lowest BCUT2D eigenvalue weighted by Gasteiger charge is -2.14. The summed E-state index contributed by atoms with van der Waals surface area (Å²) in [6.45, 7) is 1.97. The lowest BCUT2D eigenvalue weighted by molar-refractivity contribution is 0.0997.